The van der Waals surface area contributed by atoms with Gasteiger partial charge in [0, 0.05) is 25.2 Å². The van der Waals surface area contributed by atoms with Crippen molar-refractivity contribution in [1.29, 1.82) is 0 Å². The molecule has 1 aliphatic heterocycles. The van der Waals surface area contributed by atoms with Gasteiger partial charge in [0.2, 0.25) is 11.8 Å². The van der Waals surface area contributed by atoms with Crippen LogP contribution in [0, 0.1) is 25.6 Å². The summed E-state index contributed by atoms with van der Waals surface area (Å²) in [4.78, 5) is 26.4. The SMILES string of the molecule is Cc1ccc(NC(=O)C2CC(=O)N(CCc3ccccc3F)C2)c(C)c1. The van der Waals surface area contributed by atoms with Crippen molar-refractivity contribution in [2.24, 2.45) is 5.92 Å². The molecule has 0 aromatic heterocycles. The molecule has 0 radical (unpaired) electrons. The fourth-order valence-electron chi connectivity index (χ4n) is 3.31. The molecule has 2 aromatic carbocycles. The van der Waals surface area contributed by atoms with Crippen LogP contribution in [0.5, 0.6) is 0 Å². The van der Waals surface area contributed by atoms with Crippen molar-refractivity contribution in [3.8, 4) is 0 Å². The number of hydrogen-bond acceptors (Lipinski definition) is 2. The maximum atomic E-state index is 13.7. The van der Waals surface area contributed by atoms with Gasteiger partial charge in [0.1, 0.15) is 5.82 Å². The Morgan fingerprint density at radius 1 is 1.23 bits per heavy atom. The van der Waals surface area contributed by atoms with Crippen molar-refractivity contribution in [2.75, 3.05) is 18.4 Å². The largest absolute Gasteiger partial charge is 0.342 e. The third kappa shape index (κ3) is 4.10. The topological polar surface area (TPSA) is 49.4 Å². The summed E-state index contributed by atoms with van der Waals surface area (Å²) in [6.07, 6.45) is 0.651. The van der Waals surface area contributed by atoms with Crippen LogP contribution in [0.1, 0.15) is 23.1 Å². The molecule has 0 spiro atoms. The molecule has 136 valence electrons. The number of carbonyl (C=O) groups is 2. The van der Waals surface area contributed by atoms with Crippen molar-refractivity contribution in [3.05, 3.63) is 65.0 Å². The summed E-state index contributed by atoms with van der Waals surface area (Å²) in [7, 11) is 0. The third-order valence-electron chi connectivity index (χ3n) is 4.83. The fraction of sp³-hybridized carbons (Fsp3) is 0.333. The normalized spacial score (nSPS) is 16.8. The molecule has 5 heteroatoms. The van der Waals surface area contributed by atoms with Crippen LogP contribution in [-0.2, 0) is 16.0 Å². The molecule has 1 aliphatic rings. The number of amides is 2. The highest BCUT2D eigenvalue weighted by Gasteiger charge is 2.34. The van der Waals surface area contributed by atoms with E-state index in [1.807, 2.05) is 32.0 Å². The number of halogens is 1. The van der Waals surface area contributed by atoms with E-state index in [0.29, 0.717) is 25.1 Å². The Hall–Kier alpha value is -2.69. The van der Waals surface area contributed by atoms with Gasteiger partial charge in [-0.15, -0.1) is 0 Å². The van der Waals surface area contributed by atoms with Crippen LogP contribution < -0.4 is 5.32 Å². The van der Waals surface area contributed by atoms with E-state index in [4.69, 9.17) is 0 Å². The Labute approximate surface area is 153 Å². The first-order valence-corrected chi connectivity index (χ1v) is 8.83. The number of nitrogens with zero attached hydrogens (tertiary/aromatic N) is 1. The van der Waals surface area contributed by atoms with Gasteiger partial charge in [-0.3, -0.25) is 9.59 Å². The number of carbonyl (C=O) groups excluding carboxylic acids is 2. The number of aryl methyl sites for hydroxylation is 2. The maximum Gasteiger partial charge on any atom is 0.229 e. The van der Waals surface area contributed by atoms with Gasteiger partial charge in [-0.2, -0.15) is 0 Å². The Morgan fingerprint density at radius 3 is 2.73 bits per heavy atom. The number of likely N-dealkylation sites (tertiary alicyclic amines) is 1. The Bertz CT molecular complexity index is 835. The highest BCUT2D eigenvalue weighted by molar-refractivity contribution is 5.97. The quantitative estimate of drug-likeness (QED) is 0.894. The lowest BCUT2D eigenvalue weighted by Gasteiger charge is -2.17. The molecule has 2 amide bonds. The fourth-order valence-corrected chi connectivity index (χ4v) is 3.31. The maximum absolute atomic E-state index is 13.7. The van der Waals surface area contributed by atoms with Gasteiger partial charge in [0.05, 0.1) is 5.92 Å². The Morgan fingerprint density at radius 2 is 2.00 bits per heavy atom. The molecule has 0 saturated carbocycles. The minimum Gasteiger partial charge on any atom is -0.342 e. The van der Waals surface area contributed by atoms with E-state index < -0.39 is 0 Å². The molecule has 0 aliphatic carbocycles. The molecular formula is C21H23FN2O2. The van der Waals surface area contributed by atoms with E-state index in [1.54, 1.807) is 23.1 Å². The highest BCUT2D eigenvalue weighted by atomic mass is 19.1. The minimum atomic E-state index is -0.371. The van der Waals surface area contributed by atoms with E-state index in [2.05, 4.69) is 5.32 Å². The van der Waals surface area contributed by atoms with Crippen LogP contribution in [0.25, 0.3) is 0 Å². The van der Waals surface area contributed by atoms with E-state index in [1.165, 1.54) is 6.07 Å². The first kappa shape index (κ1) is 18.1. The van der Waals surface area contributed by atoms with Gasteiger partial charge >= 0.3 is 0 Å². The molecule has 1 unspecified atom stereocenters. The molecule has 1 N–H and O–H groups in total. The summed E-state index contributed by atoms with van der Waals surface area (Å²) in [5.74, 6) is -0.826. The molecule has 2 aromatic rings. The van der Waals surface area contributed by atoms with Crippen LogP contribution >= 0.6 is 0 Å². The highest BCUT2D eigenvalue weighted by Crippen LogP contribution is 2.22. The molecule has 1 fully saturated rings. The van der Waals surface area contributed by atoms with Crippen LogP contribution in [0.3, 0.4) is 0 Å². The lowest BCUT2D eigenvalue weighted by Crippen LogP contribution is -2.30. The van der Waals surface area contributed by atoms with E-state index in [9.17, 15) is 14.0 Å². The van der Waals surface area contributed by atoms with Gasteiger partial charge in [-0.1, -0.05) is 35.9 Å². The van der Waals surface area contributed by atoms with Crippen molar-refractivity contribution < 1.29 is 14.0 Å². The summed E-state index contributed by atoms with van der Waals surface area (Å²) < 4.78 is 13.7. The van der Waals surface area contributed by atoms with Crippen LogP contribution in [-0.4, -0.2) is 29.8 Å². The van der Waals surface area contributed by atoms with E-state index >= 15 is 0 Å². The van der Waals surface area contributed by atoms with Crippen molar-refractivity contribution >= 4 is 17.5 Å². The molecular weight excluding hydrogens is 331 g/mol. The van der Waals surface area contributed by atoms with Gasteiger partial charge in [-0.25, -0.2) is 4.39 Å². The summed E-state index contributed by atoms with van der Waals surface area (Å²) in [5, 5.41) is 2.93. The van der Waals surface area contributed by atoms with Crippen LogP contribution in [0.15, 0.2) is 42.5 Å². The number of anilines is 1. The first-order chi connectivity index (χ1) is 12.4. The van der Waals surface area contributed by atoms with Crippen molar-refractivity contribution in [2.45, 2.75) is 26.7 Å². The monoisotopic (exact) mass is 354 g/mol. The average molecular weight is 354 g/mol. The third-order valence-corrected chi connectivity index (χ3v) is 4.83. The van der Waals surface area contributed by atoms with Gasteiger partial charge in [0.15, 0.2) is 0 Å². The zero-order chi connectivity index (χ0) is 18.7. The lowest BCUT2D eigenvalue weighted by molar-refractivity contribution is -0.128. The second-order valence-corrected chi connectivity index (χ2v) is 6.89. The summed E-state index contributed by atoms with van der Waals surface area (Å²) in [6, 6.07) is 12.4. The molecule has 1 heterocycles. The van der Waals surface area contributed by atoms with Crippen LogP contribution in [0.4, 0.5) is 10.1 Å². The molecule has 3 rings (SSSR count). The van der Waals surface area contributed by atoms with E-state index in [0.717, 1.165) is 16.8 Å². The smallest absolute Gasteiger partial charge is 0.229 e. The second-order valence-electron chi connectivity index (χ2n) is 6.89. The van der Waals surface area contributed by atoms with Gasteiger partial charge in [0.25, 0.3) is 0 Å². The summed E-state index contributed by atoms with van der Waals surface area (Å²) >= 11 is 0. The lowest BCUT2D eigenvalue weighted by atomic mass is 10.1. The zero-order valence-corrected chi connectivity index (χ0v) is 15.1. The number of rotatable bonds is 5. The predicted molar refractivity (Wildman–Crippen MR) is 99.3 cm³/mol. The summed E-state index contributed by atoms with van der Waals surface area (Å²) in [6.45, 7) is 4.75. The Kier molecular flexibility index (Phi) is 5.35. The molecule has 1 atom stereocenters. The van der Waals surface area contributed by atoms with Crippen molar-refractivity contribution in [3.63, 3.8) is 0 Å². The Balaban J connectivity index is 1.58. The number of hydrogen-bond donors (Lipinski definition) is 1. The molecule has 0 bridgehead atoms. The second kappa shape index (κ2) is 7.68. The van der Waals surface area contributed by atoms with Crippen LogP contribution in [0.2, 0.25) is 0 Å². The first-order valence-electron chi connectivity index (χ1n) is 8.83. The number of nitrogens with one attached hydrogen (secondary N) is 1. The van der Waals surface area contributed by atoms with E-state index in [-0.39, 0.29) is 30.0 Å². The average Bonchev–Trinajstić information content (AvgIpc) is 2.98. The van der Waals surface area contributed by atoms with Gasteiger partial charge < -0.3 is 10.2 Å². The standard InChI is InChI=1S/C21H23FN2O2/c1-14-7-8-19(15(2)11-14)23-21(26)17-12-20(25)24(13-17)10-9-16-5-3-4-6-18(16)22/h3-8,11,17H,9-10,12-13H2,1-2H3,(H,23,26). The molecule has 1 saturated heterocycles. The zero-order valence-electron chi connectivity index (χ0n) is 15.1. The minimum absolute atomic E-state index is 0.0536. The predicted octanol–water partition coefficient (Wildman–Crippen LogP) is 3.47. The van der Waals surface area contributed by atoms with Crippen molar-refractivity contribution in [1.82, 2.24) is 4.90 Å². The van der Waals surface area contributed by atoms with Gasteiger partial charge in [-0.05, 0) is 43.5 Å². The summed E-state index contributed by atoms with van der Waals surface area (Å²) in [5.41, 5.74) is 3.50. The number of benzene rings is 2. The molecule has 4 nitrogen and oxygen atoms in total. The molecule has 26 heavy (non-hydrogen) atoms.